The lowest BCUT2D eigenvalue weighted by molar-refractivity contribution is -0.145. The molecule has 1 aromatic carbocycles. The number of carboxylic acids is 1. The zero-order valence-electron chi connectivity index (χ0n) is 12.2. The standard InChI is InChI=1S/C15H22BNO4/c1-15(14(18)19)11(5-3-7-16(20)21)8-12-10(9-17)4-2-6-13(12)15/h2,4,6,11,20-21H,3,5,7-9,17H2,1H3,(H,18,19)/t11-,15-/m0/s1. The summed E-state index contributed by atoms with van der Waals surface area (Å²) >= 11 is 0. The van der Waals surface area contributed by atoms with Crippen molar-refractivity contribution in [2.45, 2.75) is 44.5 Å². The normalized spacial score (nSPS) is 23.9. The smallest absolute Gasteiger partial charge is 0.451 e. The van der Waals surface area contributed by atoms with Gasteiger partial charge in [0.2, 0.25) is 0 Å². The number of rotatable bonds is 6. The summed E-state index contributed by atoms with van der Waals surface area (Å²) in [5.74, 6) is -0.874. The SMILES string of the molecule is C[C@@]1(C(=O)O)c2cccc(CN)c2C[C@@H]1CCCB(O)O. The predicted molar refractivity (Wildman–Crippen MR) is 80.7 cm³/mol. The molecular formula is C15H22BNO4. The first kappa shape index (κ1) is 16.0. The van der Waals surface area contributed by atoms with E-state index in [2.05, 4.69) is 0 Å². The average Bonchev–Trinajstić information content (AvgIpc) is 2.73. The second-order valence-corrected chi connectivity index (χ2v) is 5.97. The van der Waals surface area contributed by atoms with Gasteiger partial charge in [0.15, 0.2) is 0 Å². The second-order valence-electron chi connectivity index (χ2n) is 5.97. The van der Waals surface area contributed by atoms with Gasteiger partial charge in [-0.1, -0.05) is 24.6 Å². The number of aliphatic carboxylic acids is 1. The summed E-state index contributed by atoms with van der Waals surface area (Å²) in [5.41, 5.74) is 7.74. The molecular weight excluding hydrogens is 269 g/mol. The molecule has 0 amide bonds. The minimum atomic E-state index is -1.33. The third-order valence-corrected chi connectivity index (χ3v) is 4.78. The number of carbonyl (C=O) groups is 1. The van der Waals surface area contributed by atoms with Gasteiger partial charge in [-0.3, -0.25) is 4.79 Å². The van der Waals surface area contributed by atoms with E-state index in [0.29, 0.717) is 25.8 Å². The van der Waals surface area contributed by atoms with E-state index in [-0.39, 0.29) is 12.2 Å². The summed E-state index contributed by atoms with van der Waals surface area (Å²) in [4.78, 5) is 11.9. The van der Waals surface area contributed by atoms with Gasteiger partial charge in [0.1, 0.15) is 0 Å². The van der Waals surface area contributed by atoms with Crippen LogP contribution in [0.15, 0.2) is 18.2 Å². The van der Waals surface area contributed by atoms with Gasteiger partial charge in [0.25, 0.3) is 0 Å². The van der Waals surface area contributed by atoms with Crippen LogP contribution in [0, 0.1) is 5.92 Å². The molecule has 0 saturated heterocycles. The monoisotopic (exact) mass is 291 g/mol. The second kappa shape index (κ2) is 6.18. The van der Waals surface area contributed by atoms with Crippen molar-refractivity contribution in [2.24, 2.45) is 11.7 Å². The molecule has 0 saturated carbocycles. The Hall–Kier alpha value is -1.37. The Morgan fingerprint density at radius 2 is 2.19 bits per heavy atom. The van der Waals surface area contributed by atoms with E-state index in [1.165, 1.54) is 0 Å². The zero-order valence-corrected chi connectivity index (χ0v) is 12.2. The van der Waals surface area contributed by atoms with Crippen LogP contribution in [0.2, 0.25) is 6.32 Å². The minimum Gasteiger partial charge on any atom is -0.481 e. The average molecular weight is 291 g/mol. The molecule has 0 bridgehead atoms. The van der Waals surface area contributed by atoms with Crippen molar-refractivity contribution in [3.63, 3.8) is 0 Å². The third kappa shape index (κ3) is 2.84. The molecule has 1 aliphatic carbocycles. The highest BCUT2D eigenvalue weighted by Crippen LogP contribution is 2.46. The van der Waals surface area contributed by atoms with Crippen LogP contribution in [0.3, 0.4) is 0 Å². The summed E-state index contributed by atoms with van der Waals surface area (Å²) in [7, 11) is -1.33. The number of nitrogens with two attached hydrogens (primary N) is 1. The van der Waals surface area contributed by atoms with E-state index >= 15 is 0 Å². The fourth-order valence-electron chi connectivity index (χ4n) is 3.45. The lowest BCUT2D eigenvalue weighted by Gasteiger charge is -2.28. The van der Waals surface area contributed by atoms with E-state index in [1.807, 2.05) is 18.2 Å². The van der Waals surface area contributed by atoms with Crippen molar-refractivity contribution in [1.82, 2.24) is 0 Å². The van der Waals surface area contributed by atoms with Crippen molar-refractivity contribution in [3.8, 4) is 0 Å². The number of benzene rings is 1. The topological polar surface area (TPSA) is 104 Å². The molecule has 5 N–H and O–H groups in total. The predicted octanol–water partition coefficient (Wildman–Crippen LogP) is 0.913. The van der Waals surface area contributed by atoms with Gasteiger partial charge in [-0.05, 0) is 48.7 Å². The highest BCUT2D eigenvalue weighted by atomic mass is 16.4. The third-order valence-electron chi connectivity index (χ3n) is 4.78. The largest absolute Gasteiger partial charge is 0.481 e. The molecule has 1 aromatic rings. The molecule has 0 heterocycles. The maximum Gasteiger partial charge on any atom is 0.451 e. The van der Waals surface area contributed by atoms with Crippen molar-refractivity contribution in [1.29, 1.82) is 0 Å². The lowest BCUT2D eigenvalue weighted by atomic mass is 9.72. The van der Waals surface area contributed by atoms with E-state index in [0.717, 1.165) is 16.7 Å². The molecule has 0 aliphatic heterocycles. The van der Waals surface area contributed by atoms with Crippen molar-refractivity contribution in [2.75, 3.05) is 0 Å². The first-order chi connectivity index (χ1) is 9.91. The van der Waals surface area contributed by atoms with Crippen LogP contribution in [-0.2, 0) is 23.2 Å². The number of hydrogen-bond donors (Lipinski definition) is 4. The zero-order chi connectivity index (χ0) is 15.6. The maximum atomic E-state index is 11.9. The quantitative estimate of drug-likeness (QED) is 0.583. The summed E-state index contributed by atoms with van der Waals surface area (Å²) in [6, 6.07) is 5.69. The molecule has 0 fully saturated rings. The minimum absolute atomic E-state index is 0.0450. The van der Waals surface area contributed by atoms with Gasteiger partial charge in [-0.2, -0.15) is 0 Å². The molecule has 0 radical (unpaired) electrons. The Morgan fingerprint density at radius 1 is 1.48 bits per heavy atom. The Kier molecular flexibility index (Phi) is 4.71. The van der Waals surface area contributed by atoms with Crippen molar-refractivity contribution < 1.29 is 19.9 Å². The molecule has 114 valence electrons. The highest BCUT2D eigenvalue weighted by molar-refractivity contribution is 6.40. The van der Waals surface area contributed by atoms with Crippen molar-refractivity contribution in [3.05, 3.63) is 34.9 Å². The van der Waals surface area contributed by atoms with Gasteiger partial charge in [0.05, 0.1) is 5.41 Å². The Labute approximate surface area is 124 Å². The van der Waals surface area contributed by atoms with Crippen molar-refractivity contribution >= 4 is 13.1 Å². The molecule has 5 nitrogen and oxygen atoms in total. The molecule has 2 atom stereocenters. The van der Waals surface area contributed by atoms with E-state index in [1.54, 1.807) is 6.92 Å². The van der Waals surface area contributed by atoms with Gasteiger partial charge < -0.3 is 20.9 Å². The first-order valence-electron chi connectivity index (χ1n) is 7.32. The van der Waals surface area contributed by atoms with Gasteiger partial charge in [0, 0.05) is 6.54 Å². The number of carboxylic acid groups (broad SMARTS) is 1. The van der Waals surface area contributed by atoms with E-state index in [9.17, 15) is 9.90 Å². The Balaban J connectivity index is 2.30. The van der Waals surface area contributed by atoms with Crippen LogP contribution < -0.4 is 5.73 Å². The van der Waals surface area contributed by atoms with Crippen LogP contribution in [0.5, 0.6) is 0 Å². The molecule has 0 unspecified atom stereocenters. The van der Waals surface area contributed by atoms with Gasteiger partial charge in [-0.25, -0.2) is 0 Å². The van der Waals surface area contributed by atoms with Gasteiger partial charge in [-0.15, -0.1) is 0 Å². The summed E-state index contributed by atoms with van der Waals surface area (Å²) < 4.78 is 0. The van der Waals surface area contributed by atoms with Crippen LogP contribution in [0.25, 0.3) is 0 Å². The maximum absolute atomic E-state index is 11.9. The molecule has 0 aromatic heterocycles. The summed E-state index contributed by atoms with van der Waals surface area (Å²) in [5, 5.41) is 27.6. The molecule has 2 rings (SSSR count). The first-order valence-corrected chi connectivity index (χ1v) is 7.32. The fourth-order valence-corrected chi connectivity index (χ4v) is 3.45. The number of hydrogen-bond acceptors (Lipinski definition) is 4. The number of fused-ring (bicyclic) bond motifs is 1. The Morgan fingerprint density at radius 3 is 2.76 bits per heavy atom. The van der Waals surface area contributed by atoms with E-state index < -0.39 is 18.5 Å². The fraction of sp³-hybridized carbons (Fsp3) is 0.533. The van der Waals surface area contributed by atoms with Crippen LogP contribution in [0.4, 0.5) is 0 Å². The molecule has 1 aliphatic rings. The molecule has 6 heteroatoms. The summed E-state index contributed by atoms with van der Waals surface area (Å²) in [6.45, 7) is 2.17. The molecule has 0 spiro atoms. The molecule has 21 heavy (non-hydrogen) atoms. The highest BCUT2D eigenvalue weighted by Gasteiger charge is 2.49. The van der Waals surface area contributed by atoms with Crippen LogP contribution >= 0.6 is 0 Å². The van der Waals surface area contributed by atoms with Crippen LogP contribution in [-0.4, -0.2) is 28.2 Å². The van der Waals surface area contributed by atoms with Gasteiger partial charge >= 0.3 is 13.1 Å². The van der Waals surface area contributed by atoms with E-state index in [4.69, 9.17) is 15.8 Å². The summed E-state index contributed by atoms with van der Waals surface area (Å²) in [6.07, 6.45) is 2.20. The van der Waals surface area contributed by atoms with Crippen LogP contribution in [0.1, 0.15) is 36.5 Å². The lowest BCUT2D eigenvalue weighted by Crippen LogP contribution is -2.37. The Bertz CT molecular complexity index is 534.